The van der Waals surface area contributed by atoms with Crippen molar-refractivity contribution in [1.82, 2.24) is 14.8 Å². The van der Waals surface area contributed by atoms with Crippen molar-refractivity contribution in [3.8, 4) is 5.69 Å². The summed E-state index contributed by atoms with van der Waals surface area (Å²) in [4.78, 5) is 0. The molecule has 0 aliphatic carbocycles. The Morgan fingerprint density at radius 3 is 2.53 bits per heavy atom. The van der Waals surface area contributed by atoms with Crippen molar-refractivity contribution in [2.24, 2.45) is 0 Å². The van der Waals surface area contributed by atoms with Gasteiger partial charge in [-0.3, -0.25) is 9.67 Å². The molecule has 1 aromatic heterocycles. The van der Waals surface area contributed by atoms with Crippen LogP contribution in [0.15, 0.2) is 24.3 Å². The number of H-pyrrole nitrogens is 1. The molecule has 0 aliphatic heterocycles. The molecule has 0 saturated heterocycles. The molecule has 2 aromatic rings. The van der Waals surface area contributed by atoms with Gasteiger partial charge in [0.25, 0.3) is 0 Å². The minimum Gasteiger partial charge on any atom is -0.388 e. The fourth-order valence-electron chi connectivity index (χ4n) is 1.71. The van der Waals surface area contributed by atoms with Crippen LogP contribution in [0.25, 0.3) is 5.69 Å². The lowest BCUT2D eigenvalue weighted by molar-refractivity contribution is 0.269. The van der Waals surface area contributed by atoms with Gasteiger partial charge in [0.1, 0.15) is 6.61 Å². The summed E-state index contributed by atoms with van der Waals surface area (Å²) in [5.74, 6) is 1.02. The van der Waals surface area contributed by atoms with Gasteiger partial charge in [-0.05, 0) is 35.8 Å². The number of aromatic amines is 1. The minimum absolute atomic E-state index is 0.140. The van der Waals surface area contributed by atoms with Crippen molar-refractivity contribution in [3.63, 3.8) is 0 Å². The molecule has 0 unspecified atom stereocenters. The van der Waals surface area contributed by atoms with Gasteiger partial charge in [-0.15, -0.1) is 0 Å². The summed E-state index contributed by atoms with van der Waals surface area (Å²) < 4.78 is 2.23. The van der Waals surface area contributed by atoms with Crippen LogP contribution in [0, 0.1) is 4.77 Å². The highest BCUT2D eigenvalue weighted by atomic mass is 32.1. The Labute approximate surface area is 105 Å². The molecule has 4 nitrogen and oxygen atoms in total. The quantitative estimate of drug-likeness (QED) is 0.822. The maximum atomic E-state index is 9.19. The van der Waals surface area contributed by atoms with E-state index < -0.39 is 0 Å². The predicted octanol–water partition coefficient (Wildman–Crippen LogP) is 2.55. The van der Waals surface area contributed by atoms with Crippen LogP contribution < -0.4 is 0 Å². The average Bonchev–Trinajstić information content (AvgIpc) is 2.70. The Balaban J connectivity index is 2.46. The van der Waals surface area contributed by atoms with Crippen molar-refractivity contribution in [3.05, 3.63) is 40.4 Å². The van der Waals surface area contributed by atoms with Crippen LogP contribution in [0.3, 0.4) is 0 Å². The largest absolute Gasteiger partial charge is 0.388 e. The van der Waals surface area contributed by atoms with Gasteiger partial charge in [0.2, 0.25) is 0 Å². The molecule has 1 heterocycles. The molecule has 90 valence electrons. The number of benzene rings is 1. The number of aliphatic hydroxyl groups excluding tert-OH is 1. The van der Waals surface area contributed by atoms with Gasteiger partial charge in [0.15, 0.2) is 10.6 Å². The van der Waals surface area contributed by atoms with E-state index in [4.69, 9.17) is 12.2 Å². The Morgan fingerprint density at radius 2 is 2.00 bits per heavy atom. The molecule has 5 heteroatoms. The van der Waals surface area contributed by atoms with Crippen molar-refractivity contribution >= 4 is 12.2 Å². The Hall–Kier alpha value is -1.46. The van der Waals surface area contributed by atoms with Gasteiger partial charge in [0.05, 0.1) is 0 Å². The molecule has 0 radical (unpaired) electrons. The highest BCUT2D eigenvalue weighted by Gasteiger charge is 2.07. The molecule has 0 atom stereocenters. The van der Waals surface area contributed by atoms with E-state index in [1.807, 2.05) is 12.1 Å². The Morgan fingerprint density at radius 1 is 1.35 bits per heavy atom. The number of hydrogen-bond acceptors (Lipinski definition) is 3. The third-order valence-corrected chi connectivity index (χ3v) is 2.98. The van der Waals surface area contributed by atoms with Crippen molar-refractivity contribution in [2.75, 3.05) is 0 Å². The molecule has 17 heavy (non-hydrogen) atoms. The van der Waals surface area contributed by atoms with Gasteiger partial charge in [0, 0.05) is 5.69 Å². The maximum absolute atomic E-state index is 9.19. The van der Waals surface area contributed by atoms with Crippen LogP contribution in [0.5, 0.6) is 0 Å². The number of rotatable bonds is 3. The number of nitrogens with one attached hydrogen (secondary N) is 1. The first-order valence-corrected chi connectivity index (χ1v) is 5.91. The molecular formula is C12H15N3OS. The van der Waals surface area contributed by atoms with Crippen molar-refractivity contribution in [2.45, 2.75) is 26.4 Å². The molecule has 2 N–H and O–H groups in total. The van der Waals surface area contributed by atoms with E-state index in [1.165, 1.54) is 5.56 Å². The molecule has 0 spiro atoms. The summed E-state index contributed by atoms with van der Waals surface area (Å²) in [5, 5.41) is 15.8. The summed E-state index contributed by atoms with van der Waals surface area (Å²) in [7, 11) is 0. The second kappa shape index (κ2) is 4.81. The van der Waals surface area contributed by atoms with Crippen LogP contribution in [-0.4, -0.2) is 19.9 Å². The highest BCUT2D eigenvalue weighted by Crippen LogP contribution is 2.17. The minimum atomic E-state index is -0.140. The number of nitrogens with zero attached hydrogens (tertiary/aromatic N) is 2. The van der Waals surface area contributed by atoms with Gasteiger partial charge >= 0.3 is 0 Å². The summed E-state index contributed by atoms with van der Waals surface area (Å²) in [5.41, 5.74) is 2.19. The number of aliphatic hydroxyl groups is 1. The molecule has 0 fully saturated rings. The predicted molar refractivity (Wildman–Crippen MR) is 68.8 cm³/mol. The number of aromatic nitrogens is 3. The van der Waals surface area contributed by atoms with E-state index in [2.05, 4.69) is 36.2 Å². The molecule has 2 rings (SSSR count). The molecule has 0 bridgehead atoms. The molecule has 0 amide bonds. The van der Waals surface area contributed by atoms with Crippen molar-refractivity contribution < 1.29 is 5.11 Å². The fourth-order valence-corrected chi connectivity index (χ4v) is 1.97. The zero-order chi connectivity index (χ0) is 12.4. The summed E-state index contributed by atoms with van der Waals surface area (Å²) in [6, 6.07) is 8.10. The standard InChI is InChI=1S/C12H15N3OS/c1-8(2)9-3-5-10(6-4-9)15-11(7-16)13-14-12(15)17/h3-6,8,16H,7H2,1-2H3,(H,14,17). The normalized spacial score (nSPS) is 11.1. The van der Waals surface area contributed by atoms with E-state index in [0.29, 0.717) is 16.5 Å². The third-order valence-electron chi connectivity index (χ3n) is 2.70. The fraction of sp³-hybridized carbons (Fsp3) is 0.333. The van der Waals surface area contributed by atoms with E-state index in [-0.39, 0.29) is 6.61 Å². The first-order valence-electron chi connectivity index (χ1n) is 5.51. The first-order chi connectivity index (χ1) is 8.13. The topological polar surface area (TPSA) is 53.8 Å². The van der Waals surface area contributed by atoms with Crippen LogP contribution in [0.4, 0.5) is 0 Å². The summed E-state index contributed by atoms with van der Waals surface area (Å²) in [6.07, 6.45) is 0. The molecule has 1 aromatic carbocycles. The Bertz CT molecular complexity index is 554. The first kappa shape index (κ1) is 12.0. The lowest BCUT2D eigenvalue weighted by atomic mass is 10.0. The maximum Gasteiger partial charge on any atom is 0.199 e. The molecule has 0 aliphatic rings. The molecule has 0 saturated carbocycles. The SMILES string of the molecule is CC(C)c1ccc(-n2c(CO)n[nH]c2=S)cc1. The second-order valence-electron chi connectivity index (χ2n) is 4.18. The third kappa shape index (κ3) is 2.30. The van der Waals surface area contributed by atoms with Crippen molar-refractivity contribution in [1.29, 1.82) is 0 Å². The highest BCUT2D eigenvalue weighted by molar-refractivity contribution is 7.71. The van der Waals surface area contributed by atoms with E-state index in [0.717, 1.165) is 5.69 Å². The zero-order valence-electron chi connectivity index (χ0n) is 9.84. The van der Waals surface area contributed by atoms with Crippen LogP contribution in [0.2, 0.25) is 0 Å². The second-order valence-corrected chi connectivity index (χ2v) is 4.57. The average molecular weight is 249 g/mol. The van der Waals surface area contributed by atoms with E-state index >= 15 is 0 Å². The van der Waals surface area contributed by atoms with E-state index in [1.54, 1.807) is 4.57 Å². The monoisotopic (exact) mass is 249 g/mol. The van der Waals surface area contributed by atoms with Gasteiger partial charge in [-0.25, -0.2) is 0 Å². The smallest absolute Gasteiger partial charge is 0.199 e. The summed E-state index contributed by atoms with van der Waals surface area (Å²) >= 11 is 5.14. The lowest BCUT2D eigenvalue weighted by Gasteiger charge is -2.08. The Kier molecular flexibility index (Phi) is 3.40. The van der Waals surface area contributed by atoms with Crippen LogP contribution >= 0.6 is 12.2 Å². The van der Waals surface area contributed by atoms with Gasteiger partial charge in [-0.2, -0.15) is 5.10 Å². The number of hydrogen-bond donors (Lipinski definition) is 2. The molecular weight excluding hydrogens is 234 g/mol. The van der Waals surface area contributed by atoms with Gasteiger partial charge < -0.3 is 5.11 Å². The van der Waals surface area contributed by atoms with E-state index in [9.17, 15) is 5.11 Å². The van der Waals surface area contributed by atoms with Crippen LogP contribution in [-0.2, 0) is 6.61 Å². The van der Waals surface area contributed by atoms with Gasteiger partial charge in [-0.1, -0.05) is 26.0 Å². The zero-order valence-corrected chi connectivity index (χ0v) is 10.7. The lowest BCUT2D eigenvalue weighted by Crippen LogP contribution is -2.01. The van der Waals surface area contributed by atoms with Crippen LogP contribution in [0.1, 0.15) is 31.2 Å². The summed E-state index contributed by atoms with van der Waals surface area (Å²) in [6.45, 7) is 4.16.